The highest BCUT2D eigenvalue weighted by molar-refractivity contribution is 5.55. The molecule has 0 radical (unpaired) electrons. The third kappa shape index (κ3) is 2.95. The van der Waals surface area contributed by atoms with Gasteiger partial charge in [0.05, 0.1) is 13.2 Å². The highest BCUT2D eigenvalue weighted by Gasteiger charge is 2.44. The Balaban J connectivity index is 1.47. The van der Waals surface area contributed by atoms with Gasteiger partial charge in [-0.2, -0.15) is 0 Å². The van der Waals surface area contributed by atoms with Gasteiger partial charge in [0.1, 0.15) is 5.82 Å². The lowest BCUT2D eigenvalue weighted by Crippen LogP contribution is -2.37. The molecule has 5 rings (SSSR count). The summed E-state index contributed by atoms with van der Waals surface area (Å²) in [5, 5.41) is 0. The number of likely N-dealkylation sites (tertiary alicyclic amines) is 1. The first-order valence-corrected chi connectivity index (χ1v) is 10.2. The molecule has 0 saturated carbocycles. The van der Waals surface area contributed by atoms with Crippen LogP contribution in [0.3, 0.4) is 0 Å². The van der Waals surface area contributed by atoms with E-state index in [4.69, 9.17) is 4.74 Å². The number of fused-ring (bicyclic) bond motifs is 5. The average Bonchev–Trinajstić information content (AvgIpc) is 2.87. The minimum absolute atomic E-state index is 0.0902. The summed E-state index contributed by atoms with van der Waals surface area (Å²) in [5.74, 6) is 1.13. The number of hydrogen-bond acceptors (Lipinski definition) is 3. The molecule has 2 saturated heterocycles. The first-order chi connectivity index (χ1) is 13.2. The maximum atomic E-state index is 14.2. The molecule has 2 bridgehead atoms. The zero-order valence-electron chi connectivity index (χ0n) is 15.9. The third-order valence-corrected chi connectivity index (χ3v) is 6.75. The number of nitrogens with zero attached hydrogens (tertiary/aromatic N) is 2. The molecule has 142 valence electrons. The Morgan fingerprint density at radius 2 is 1.85 bits per heavy atom. The molecule has 2 aromatic rings. The highest BCUT2D eigenvalue weighted by Crippen LogP contribution is 2.54. The highest BCUT2D eigenvalue weighted by atomic mass is 19.1. The van der Waals surface area contributed by atoms with Gasteiger partial charge in [-0.1, -0.05) is 31.2 Å². The Bertz CT molecular complexity index is 833. The van der Waals surface area contributed by atoms with Crippen molar-refractivity contribution in [3.8, 4) is 0 Å². The van der Waals surface area contributed by atoms with Gasteiger partial charge < -0.3 is 9.64 Å². The smallest absolute Gasteiger partial charge is 0.127 e. The van der Waals surface area contributed by atoms with Crippen LogP contribution in [0.15, 0.2) is 42.5 Å². The van der Waals surface area contributed by atoms with Crippen molar-refractivity contribution >= 4 is 5.69 Å². The number of benzene rings is 2. The Morgan fingerprint density at radius 1 is 1.04 bits per heavy atom. The Labute approximate surface area is 160 Å². The van der Waals surface area contributed by atoms with Crippen LogP contribution in [-0.4, -0.2) is 37.7 Å². The van der Waals surface area contributed by atoms with Crippen molar-refractivity contribution in [3.05, 3.63) is 65.0 Å². The second kappa shape index (κ2) is 6.92. The Hall–Kier alpha value is -1.91. The van der Waals surface area contributed by atoms with E-state index in [0.717, 1.165) is 44.8 Å². The van der Waals surface area contributed by atoms with Crippen molar-refractivity contribution in [2.75, 3.05) is 37.7 Å². The molecule has 3 atom stereocenters. The average molecular weight is 366 g/mol. The van der Waals surface area contributed by atoms with Crippen LogP contribution in [0.5, 0.6) is 0 Å². The van der Waals surface area contributed by atoms with Crippen LogP contribution in [0.4, 0.5) is 10.1 Å². The normalized spacial score (nSPS) is 27.6. The number of piperidine rings is 1. The van der Waals surface area contributed by atoms with Crippen LogP contribution in [-0.2, 0) is 11.3 Å². The third-order valence-electron chi connectivity index (χ3n) is 6.75. The lowest BCUT2D eigenvalue weighted by Gasteiger charge is -2.38. The molecular weight excluding hydrogens is 339 g/mol. The summed E-state index contributed by atoms with van der Waals surface area (Å²) in [6.07, 6.45) is 1.16. The number of rotatable bonds is 3. The van der Waals surface area contributed by atoms with E-state index in [1.54, 1.807) is 12.1 Å². The van der Waals surface area contributed by atoms with E-state index in [1.165, 1.54) is 16.8 Å². The van der Waals surface area contributed by atoms with Gasteiger partial charge in [0.25, 0.3) is 0 Å². The molecule has 3 nitrogen and oxygen atoms in total. The van der Waals surface area contributed by atoms with Gasteiger partial charge in [0, 0.05) is 36.9 Å². The minimum atomic E-state index is -0.0902. The maximum absolute atomic E-state index is 14.2. The van der Waals surface area contributed by atoms with E-state index >= 15 is 0 Å². The lowest BCUT2D eigenvalue weighted by atomic mass is 9.85. The summed E-state index contributed by atoms with van der Waals surface area (Å²) in [6.45, 7) is 7.63. The SMILES string of the molecule is C[C@H]1C2CCN(Cc3ccccc3F)C1c1cc(N3CCOCC3)ccc12. The van der Waals surface area contributed by atoms with E-state index in [-0.39, 0.29) is 5.82 Å². The lowest BCUT2D eigenvalue weighted by molar-refractivity contribution is 0.0951. The number of anilines is 1. The van der Waals surface area contributed by atoms with Gasteiger partial charge in [0.2, 0.25) is 0 Å². The molecular formula is C23H27FN2O. The molecule has 0 N–H and O–H groups in total. The van der Waals surface area contributed by atoms with Crippen molar-refractivity contribution < 1.29 is 9.13 Å². The Kier molecular flexibility index (Phi) is 4.41. The number of hydrogen-bond donors (Lipinski definition) is 0. The molecule has 3 aliphatic rings. The first-order valence-electron chi connectivity index (χ1n) is 10.2. The van der Waals surface area contributed by atoms with Gasteiger partial charge in [0.15, 0.2) is 0 Å². The van der Waals surface area contributed by atoms with Gasteiger partial charge in [-0.05, 0) is 54.1 Å². The fourth-order valence-electron chi connectivity index (χ4n) is 5.38. The number of morpholine rings is 1. The predicted octanol–water partition coefficient (Wildman–Crippen LogP) is 4.34. The maximum Gasteiger partial charge on any atom is 0.127 e. The molecule has 0 aromatic heterocycles. The molecule has 4 heteroatoms. The van der Waals surface area contributed by atoms with E-state index in [0.29, 0.717) is 24.4 Å². The molecule has 2 unspecified atom stereocenters. The molecule has 1 aliphatic carbocycles. The zero-order valence-corrected chi connectivity index (χ0v) is 15.9. The van der Waals surface area contributed by atoms with E-state index in [1.807, 2.05) is 12.1 Å². The zero-order chi connectivity index (χ0) is 18.4. The largest absolute Gasteiger partial charge is 0.378 e. The summed E-state index contributed by atoms with van der Waals surface area (Å²) >= 11 is 0. The van der Waals surface area contributed by atoms with Gasteiger partial charge >= 0.3 is 0 Å². The summed E-state index contributed by atoms with van der Waals surface area (Å²) < 4.78 is 19.8. The molecule has 2 aliphatic heterocycles. The van der Waals surface area contributed by atoms with Crippen LogP contribution < -0.4 is 4.90 Å². The van der Waals surface area contributed by atoms with Gasteiger partial charge in [-0.3, -0.25) is 4.90 Å². The van der Waals surface area contributed by atoms with Gasteiger partial charge in [-0.25, -0.2) is 4.39 Å². The molecule has 2 fully saturated rings. The molecule has 2 aromatic carbocycles. The van der Waals surface area contributed by atoms with Crippen molar-refractivity contribution in [1.82, 2.24) is 4.90 Å². The molecule has 0 spiro atoms. The second-order valence-electron chi connectivity index (χ2n) is 8.17. The van der Waals surface area contributed by atoms with Gasteiger partial charge in [-0.15, -0.1) is 0 Å². The van der Waals surface area contributed by atoms with Crippen molar-refractivity contribution in [2.45, 2.75) is 31.8 Å². The second-order valence-corrected chi connectivity index (χ2v) is 8.17. The van der Waals surface area contributed by atoms with Crippen molar-refractivity contribution in [2.24, 2.45) is 5.92 Å². The monoisotopic (exact) mass is 366 g/mol. The van der Waals surface area contributed by atoms with E-state index in [2.05, 4.69) is 34.9 Å². The fourth-order valence-corrected chi connectivity index (χ4v) is 5.38. The fraction of sp³-hybridized carbons (Fsp3) is 0.478. The van der Waals surface area contributed by atoms with Crippen LogP contribution in [0.25, 0.3) is 0 Å². The summed E-state index contributed by atoms with van der Waals surface area (Å²) in [4.78, 5) is 4.92. The quantitative estimate of drug-likeness (QED) is 0.804. The Morgan fingerprint density at radius 3 is 2.67 bits per heavy atom. The van der Waals surface area contributed by atoms with Crippen LogP contribution >= 0.6 is 0 Å². The van der Waals surface area contributed by atoms with Crippen LogP contribution in [0.2, 0.25) is 0 Å². The molecule has 2 heterocycles. The standard InChI is InChI=1S/C23H27FN2O/c1-16-19-8-9-26(15-17-4-2-3-5-22(17)24)23(16)21-14-18(6-7-20(19)21)25-10-12-27-13-11-25/h2-7,14,16,19,23H,8-13,15H2,1H3/t16-,19?,23?/m0/s1. The number of halogens is 1. The molecule has 0 amide bonds. The predicted molar refractivity (Wildman–Crippen MR) is 106 cm³/mol. The van der Waals surface area contributed by atoms with Crippen molar-refractivity contribution in [3.63, 3.8) is 0 Å². The van der Waals surface area contributed by atoms with E-state index in [9.17, 15) is 4.39 Å². The topological polar surface area (TPSA) is 15.7 Å². The van der Waals surface area contributed by atoms with E-state index < -0.39 is 0 Å². The molecule has 27 heavy (non-hydrogen) atoms. The summed E-state index contributed by atoms with van der Waals surface area (Å²) in [5.41, 5.74) is 5.09. The van der Waals surface area contributed by atoms with Crippen molar-refractivity contribution in [1.29, 1.82) is 0 Å². The van der Waals surface area contributed by atoms with Crippen LogP contribution in [0.1, 0.15) is 42.0 Å². The van der Waals surface area contributed by atoms with Crippen LogP contribution in [0, 0.1) is 11.7 Å². The summed E-state index contributed by atoms with van der Waals surface area (Å²) in [7, 11) is 0. The first kappa shape index (κ1) is 17.2. The number of ether oxygens (including phenoxy) is 1. The minimum Gasteiger partial charge on any atom is -0.378 e. The summed E-state index contributed by atoms with van der Waals surface area (Å²) in [6, 6.07) is 14.6.